The van der Waals surface area contributed by atoms with Crippen molar-refractivity contribution in [3.05, 3.63) is 65.2 Å². The van der Waals surface area contributed by atoms with E-state index in [2.05, 4.69) is 5.32 Å². The van der Waals surface area contributed by atoms with Crippen molar-refractivity contribution in [3.63, 3.8) is 0 Å². The van der Waals surface area contributed by atoms with Crippen LogP contribution in [0, 0.1) is 17.6 Å². The van der Waals surface area contributed by atoms with Crippen LogP contribution in [0.15, 0.2) is 42.5 Å². The number of nitrogens with two attached hydrogens (primary N) is 1. The Morgan fingerprint density at radius 2 is 1.86 bits per heavy atom. The van der Waals surface area contributed by atoms with E-state index in [0.29, 0.717) is 25.1 Å². The largest absolute Gasteiger partial charge is 0.478 e. The maximum atomic E-state index is 13.9. The molecule has 200 valence electrons. The van der Waals surface area contributed by atoms with Gasteiger partial charge < -0.3 is 25.8 Å². The van der Waals surface area contributed by atoms with Crippen LogP contribution < -0.4 is 15.8 Å². The highest BCUT2D eigenvalue weighted by molar-refractivity contribution is 5.88. The van der Waals surface area contributed by atoms with Crippen LogP contribution in [0.5, 0.6) is 5.75 Å². The summed E-state index contributed by atoms with van der Waals surface area (Å²) in [5.41, 5.74) is 6.94. The van der Waals surface area contributed by atoms with Crippen LogP contribution in [0.25, 0.3) is 0 Å². The van der Waals surface area contributed by atoms with Crippen molar-refractivity contribution in [1.29, 1.82) is 0 Å². The number of halogens is 2. The summed E-state index contributed by atoms with van der Waals surface area (Å²) in [5, 5.41) is 12.1. The van der Waals surface area contributed by atoms with Crippen LogP contribution >= 0.6 is 0 Å². The summed E-state index contributed by atoms with van der Waals surface area (Å²) in [7, 11) is 0. The van der Waals surface area contributed by atoms with Crippen LogP contribution in [0.1, 0.15) is 44.2 Å². The first-order valence-electron chi connectivity index (χ1n) is 12.3. The molecule has 1 heterocycles. The lowest BCUT2D eigenvalue weighted by Gasteiger charge is -2.25. The Hall–Kier alpha value is -3.53. The number of aliphatic carboxylic acids is 1. The molecule has 1 aliphatic heterocycles. The third-order valence-electron chi connectivity index (χ3n) is 6.30. The topological polar surface area (TPSA) is 122 Å². The van der Waals surface area contributed by atoms with Crippen molar-refractivity contribution in [2.45, 2.75) is 64.3 Å². The van der Waals surface area contributed by atoms with Gasteiger partial charge in [0.1, 0.15) is 23.4 Å². The van der Waals surface area contributed by atoms with E-state index in [1.807, 2.05) is 0 Å². The molecule has 1 saturated heterocycles. The summed E-state index contributed by atoms with van der Waals surface area (Å²) in [6.07, 6.45) is 0.144. The van der Waals surface area contributed by atoms with Gasteiger partial charge in [-0.1, -0.05) is 26.0 Å². The van der Waals surface area contributed by atoms with Gasteiger partial charge in [-0.25, -0.2) is 13.6 Å². The van der Waals surface area contributed by atoms with Crippen molar-refractivity contribution >= 4 is 17.8 Å². The number of ether oxygens (including phenoxy) is 1. The Morgan fingerprint density at radius 3 is 2.51 bits per heavy atom. The average Bonchev–Trinajstić information content (AvgIpc) is 3.34. The lowest BCUT2D eigenvalue weighted by atomic mass is 10.0. The number of carbonyl (C=O) groups is 3. The van der Waals surface area contributed by atoms with E-state index in [0.717, 1.165) is 23.8 Å². The molecule has 0 spiro atoms. The lowest BCUT2D eigenvalue weighted by Crippen LogP contribution is -2.47. The molecule has 3 rings (SSSR count). The Kier molecular flexibility index (Phi) is 9.57. The number of hydrogen-bond acceptors (Lipinski definition) is 5. The second-order valence-electron chi connectivity index (χ2n) is 9.63. The number of benzene rings is 2. The zero-order chi connectivity index (χ0) is 27.1. The first-order chi connectivity index (χ1) is 17.5. The zero-order valence-corrected chi connectivity index (χ0v) is 21.0. The third-order valence-corrected chi connectivity index (χ3v) is 6.30. The maximum Gasteiger partial charge on any atom is 0.345 e. The Bertz CT molecular complexity index is 1110. The molecular formula is C27H33F2N3O5. The Balaban J connectivity index is 1.51. The first kappa shape index (κ1) is 28.0. The molecule has 2 unspecified atom stereocenters. The van der Waals surface area contributed by atoms with Gasteiger partial charge in [0.25, 0.3) is 0 Å². The maximum absolute atomic E-state index is 13.9. The van der Waals surface area contributed by atoms with Gasteiger partial charge in [0.05, 0.1) is 0 Å². The van der Waals surface area contributed by atoms with E-state index in [1.165, 1.54) is 4.90 Å². The SMILES string of the molecule is CC(C)C(Oc1ccc(CNC(=O)C2CCCN2C(=O)C[C@H](N)Cc2cc(F)ccc2F)cc1)C(=O)O. The van der Waals surface area contributed by atoms with Gasteiger partial charge in [0.2, 0.25) is 11.8 Å². The second kappa shape index (κ2) is 12.6. The number of carboxylic acids is 1. The Labute approximate surface area is 214 Å². The minimum Gasteiger partial charge on any atom is -0.478 e. The van der Waals surface area contributed by atoms with E-state index in [4.69, 9.17) is 10.5 Å². The van der Waals surface area contributed by atoms with Crippen LogP contribution in [0.3, 0.4) is 0 Å². The standard InChI is InChI=1S/C27H33F2N3O5/c1-16(2)25(27(35)36)37-21-8-5-17(6-9-21)15-31-26(34)23-4-3-11-32(23)24(33)14-20(30)13-18-12-19(28)7-10-22(18)29/h5-10,12,16,20,23,25H,3-4,11,13-15,30H2,1-2H3,(H,31,34)(H,35,36)/t20-,23?,25?/m1/s1. The quantitative estimate of drug-likeness (QED) is 0.421. The van der Waals surface area contributed by atoms with Crippen LogP contribution in [0.4, 0.5) is 8.78 Å². The molecule has 10 heteroatoms. The van der Waals surface area contributed by atoms with Gasteiger partial charge in [-0.2, -0.15) is 0 Å². The van der Waals surface area contributed by atoms with Gasteiger partial charge in [0, 0.05) is 31.5 Å². The molecular weight excluding hydrogens is 484 g/mol. The van der Waals surface area contributed by atoms with Gasteiger partial charge in [-0.05, 0) is 60.7 Å². The molecule has 4 N–H and O–H groups in total. The molecule has 3 atom stereocenters. The third kappa shape index (κ3) is 7.72. The summed E-state index contributed by atoms with van der Waals surface area (Å²) < 4.78 is 32.9. The molecule has 0 aromatic heterocycles. The van der Waals surface area contributed by atoms with E-state index in [1.54, 1.807) is 38.1 Å². The van der Waals surface area contributed by atoms with E-state index in [-0.39, 0.29) is 42.7 Å². The summed E-state index contributed by atoms with van der Waals surface area (Å²) in [4.78, 5) is 38.5. The molecule has 8 nitrogen and oxygen atoms in total. The molecule has 1 fully saturated rings. The smallest absolute Gasteiger partial charge is 0.345 e. The monoisotopic (exact) mass is 517 g/mol. The number of likely N-dealkylation sites (tertiary alicyclic amines) is 1. The summed E-state index contributed by atoms with van der Waals surface area (Å²) in [5.74, 6) is -2.58. The number of carbonyl (C=O) groups excluding carboxylic acids is 2. The van der Waals surface area contributed by atoms with Crippen molar-refractivity contribution in [1.82, 2.24) is 10.2 Å². The molecule has 2 amide bonds. The summed E-state index contributed by atoms with van der Waals surface area (Å²) in [6, 6.07) is 8.53. The van der Waals surface area contributed by atoms with Crippen molar-refractivity contribution in [2.24, 2.45) is 11.7 Å². The number of hydrogen-bond donors (Lipinski definition) is 3. The zero-order valence-electron chi connectivity index (χ0n) is 21.0. The van der Waals surface area contributed by atoms with Gasteiger partial charge >= 0.3 is 5.97 Å². The molecule has 2 aromatic carbocycles. The molecule has 0 radical (unpaired) electrons. The number of amides is 2. The average molecular weight is 518 g/mol. The Morgan fingerprint density at radius 1 is 1.16 bits per heavy atom. The summed E-state index contributed by atoms with van der Waals surface area (Å²) in [6.45, 7) is 4.17. The fourth-order valence-corrected chi connectivity index (χ4v) is 4.34. The van der Waals surface area contributed by atoms with Crippen molar-refractivity contribution in [3.8, 4) is 5.75 Å². The summed E-state index contributed by atoms with van der Waals surface area (Å²) >= 11 is 0. The number of nitrogens with one attached hydrogen (secondary N) is 1. The van der Waals surface area contributed by atoms with Crippen LogP contribution in [-0.4, -0.2) is 52.5 Å². The van der Waals surface area contributed by atoms with E-state index < -0.39 is 35.8 Å². The predicted molar refractivity (Wildman–Crippen MR) is 133 cm³/mol. The molecule has 0 saturated carbocycles. The number of rotatable bonds is 11. The normalized spacial score (nSPS) is 16.9. The highest BCUT2D eigenvalue weighted by Crippen LogP contribution is 2.21. The van der Waals surface area contributed by atoms with Gasteiger partial charge in [-0.15, -0.1) is 0 Å². The minimum atomic E-state index is -1.04. The number of nitrogens with zero attached hydrogens (tertiary/aromatic N) is 1. The predicted octanol–water partition coefficient (Wildman–Crippen LogP) is 3.02. The van der Waals surface area contributed by atoms with E-state index >= 15 is 0 Å². The highest BCUT2D eigenvalue weighted by Gasteiger charge is 2.34. The van der Waals surface area contributed by atoms with E-state index in [9.17, 15) is 28.3 Å². The van der Waals surface area contributed by atoms with Gasteiger partial charge in [0.15, 0.2) is 6.10 Å². The number of carboxylic acid groups (broad SMARTS) is 1. The lowest BCUT2D eigenvalue weighted by molar-refractivity contribution is -0.147. The first-order valence-corrected chi connectivity index (χ1v) is 12.3. The second-order valence-corrected chi connectivity index (χ2v) is 9.63. The minimum absolute atomic E-state index is 0.00409. The van der Waals surface area contributed by atoms with Crippen LogP contribution in [-0.2, 0) is 27.3 Å². The van der Waals surface area contributed by atoms with Crippen molar-refractivity contribution in [2.75, 3.05) is 6.54 Å². The van der Waals surface area contributed by atoms with Crippen LogP contribution in [0.2, 0.25) is 0 Å². The molecule has 2 aromatic rings. The highest BCUT2D eigenvalue weighted by atomic mass is 19.1. The fraction of sp³-hybridized carbons (Fsp3) is 0.444. The van der Waals surface area contributed by atoms with Gasteiger partial charge in [-0.3, -0.25) is 9.59 Å². The fourth-order valence-electron chi connectivity index (χ4n) is 4.34. The van der Waals surface area contributed by atoms with Crippen molar-refractivity contribution < 1.29 is 33.0 Å². The molecule has 0 bridgehead atoms. The molecule has 1 aliphatic rings. The molecule has 37 heavy (non-hydrogen) atoms. The molecule has 0 aliphatic carbocycles.